The molecular weight excluding hydrogens is 293 g/mol. The van der Waals surface area contributed by atoms with Gasteiger partial charge in [-0.25, -0.2) is 0 Å². The van der Waals surface area contributed by atoms with Gasteiger partial charge in [-0.05, 0) is 38.0 Å². The molecule has 0 radical (unpaired) electrons. The Labute approximate surface area is 153 Å². The van der Waals surface area contributed by atoms with Gasteiger partial charge in [-0.2, -0.15) is 0 Å². The second kappa shape index (κ2) is 8.13. The molecule has 0 bridgehead atoms. The van der Waals surface area contributed by atoms with Gasteiger partial charge in [0, 0.05) is 24.4 Å². The first-order chi connectivity index (χ1) is 10.2. The van der Waals surface area contributed by atoms with E-state index in [4.69, 9.17) is 4.74 Å². The zero-order valence-corrected chi connectivity index (χ0v) is 15.4. The predicted molar refractivity (Wildman–Crippen MR) is 74.1 cm³/mol. The predicted octanol–water partition coefficient (Wildman–Crippen LogP) is -2.38. The summed E-state index contributed by atoms with van der Waals surface area (Å²) >= 11 is 0. The fourth-order valence-electron chi connectivity index (χ4n) is 3.85. The van der Waals surface area contributed by atoms with E-state index in [0.29, 0.717) is 25.4 Å². The summed E-state index contributed by atoms with van der Waals surface area (Å²) in [5.41, 5.74) is 0. The molecule has 1 aliphatic heterocycles. The number of hydrogen-bond donors (Lipinski definition) is 1. The minimum atomic E-state index is -1.07. The summed E-state index contributed by atoms with van der Waals surface area (Å²) < 4.78 is 5.73. The summed E-state index contributed by atoms with van der Waals surface area (Å²) in [4.78, 5) is 23.9. The average molecular weight is 317 g/mol. The van der Waals surface area contributed by atoms with Gasteiger partial charge >= 0.3 is 29.6 Å². The molecule has 118 valence electrons. The smallest absolute Gasteiger partial charge is 0.550 e. The Balaban J connectivity index is 0.00000176. The van der Waals surface area contributed by atoms with E-state index < -0.39 is 17.8 Å². The number of amides is 1. The van der Waals surface area contributed by atoms with Crippen LogP contribution in [0.5, 0.6) is 0 Å². The molecule has 3 fully saturated rings. The Morgan fingerprint density at radius 3 is 2.27 bits per heavy atom. The third-order valence-electron chi connectivity index (χ3n) is 5.21. The summed E-state index contributed by atoms with van der Waals surface area (Å²) in [6, 6.07) is 0.0654. The largest absolute Gasteiger partial charge is 1.00 e. The second-order valence-corrected chi connectivity index (χ2v) is 6.75. The van der Waals surface area contributed by atoms with Gasteiger partial charge < -0.3 is 20.0 Å². The maximum absolute atomic E-state index is 12.6. The van der Waals surface area contributed by atoms with Gasteiger partial charge in [-0.3, -0.25) is 4.79 Å². The van der Waals surface area contributed by atoms with Crippen LogP contribution in [-0.2, 0) is 14.3 Å². The van der Waals surface area contributed by atoms with Crippen LogP contribution < -0.4 is 40.0 Å². The van der Waals surface area contributed by atoms with E-state index in [1.165, 1.54) is 12.8 Å². The quantitative estimate of drug-likeness (QED) is 0.464. The number of hydrogen-bond acceptors (Lipinski definition) is 4. The van der Waals surface area contributed by atoms with Gasteiger partial charge in [0.1, 0.15) is 0 Å². The molecule has 5 nitrogen and oxygen atoms in total. The number of ether oxygens (including phenoxy) is 1. The van der Waals surface area contributed by atoms with Gasteiger partial charge in [-0.15, -0.1) is 0 Å². The fourth-order valence-corrected chi connectivity index (χ4v) is 3.85. The van der Waals surface area contributed by atoms with E-state index in [2.05, 4.69) is 5.32 Å². The van der Waals surface area contributed by atoms with Crippen molar-refractivity contribution in [1.29, 1.82) is 0 Å². The number of aliphatic carboxylic acids is 1. The molecule has 3 rings (SSSR count). The van der Waals surface area contributed by atoms with Crippen molar-refractivity contribution >= 4 is 11.9 Å². The Hall–Kier alpha value is -0.100. The van der Waals surface area contributed by atoms with Crippen LogP contribution in [0.25, 0.3) is 0 Å². The average Bonchev–Trinajstić information content (AvgIpc) is 3.24. The van der Waals surface area contributed by atoms with Gasteiger partial charge in [0.05, 0.1) is 12.1 Å². The molecule has 0 aromatic rings. The Kier molecular flexibility index (Phi) is 6.74. The first-order valence-electron chi connectivity index (χ1n) is 8.29. The number of carbonyl (C=O) groups is 2. The van der Waals surface area contributed by atoms with Crippen LogP contribution in [0.1, 0.15) is 51.4 Å². The number of carboxylic acids is 1. The number of rotatable bonds is 4. The summed E-state index contributed by atoms with van der Waals surface area (Å²) in [7, 11) is 0. The monoisotopic (exact) mass is 317 g/mol. The molecule has 4 atom stereocenters. The van der Waals surface area contributed by atoms with Crippen LogP contribution in [0.15, 0.2) is 0 Å². The topological polar surface area (TPSA) is 78.5 Å². The first kappa shape index (κ1) is 18.2. The third kappa shape index (κ3) is 4.25. The summed E-state index contributed by atoms with van der Waals surface area (Å²) in [6.45, 7) is 0.695. The van der Waals surface area contributed by atoms with Crippen molar-refractivity contribution in [3.8, 4) is 0 Å². The summed E-state index contributed by atoms with van der Waals surface area (Å²) in [5.74, 6) is -1.65. The molecule has 22 heavy (non-hydrogen) atoms. The molecule has 1 saturated heterocycles. The van der Waals surface area contributed by atoms with Gasteiger partial charge in [0.2, 0.25) is 5.91 Å². The van der Waals surface area contributed by atoms with Crippen molar-refractivity contribution in [3.05, 3.63) is 0 Å². The van der Waals surface area contributed by atoms with Gasteiger partial charge in [-0.1, -0.05) is 19.3 Å². The molecule has 3 aliphatic rings. The minimum Gasteiger partial charge on any atom is -0.550 e. The first-order valence-corrected chi connectivity index (χ1v) is 8.29. The van der Waals surface area contributed by atoms with Crippen molar-refractivity contribution in [3.63, 3.8) is 0 Å². The van der Waals surface area contributed by atoms with Crippen molar-refractivity contribution in [2.75, 3.05) is 6.61 Å². The molecule has 0 spiro atoms. The Morgan fingerprint density at radius 2 is 1.64 bits per heavy atom. The van der Waals surface area contributed by atoms with Crippen LogP contribution >= 0.6 is 0 Å². The second-order valence-electron chi connectivity index (χ2n) is 6.75. The number of nitrogens with one attached hydrogen (secondary N) is 1. The van der Waals surface area contributed by atoms with Gasteiger partial charge in [0.25, 0.3) is 0 Å². The van der Waals surface area contributed by atoms with Crippen LogP contribution in [-0.4, -0.2) is 30.6 Å². The third-order valence-corrected chi connectivity index (χ3v) is 5.21. The molecule has 0 aromatic heterocycles. The van der Waals surface area contributed by atoms with Crippen LogP contribution in [0.2, 0.25) is 0 Å². The summed E-state index contributed by atoms with van der Waals surface area (Å²) in [6.07, 6.45) is 7.38. The molecule has 0 unspecified atom stereocenters. The number of carbonyl (C=O) groups excluding carboxylic acids is 2. The molecule has 6 heteroatoms. The zero-order valence-electron chi connectivity index (χ0n) is 13.4. The summed E-state index contributed by atoms with van der Waals surface area (Å²) in [5, 5.41) is 14.4. The Bertz CT molecular complexity index is 413. The normalized spacial score (nSPS) is 35.3. The van der Waals surface area contributed by atoms with E-state index in [1.807, 2.05) is 0 Å². The minimum absolute atomic E-state index is 0. The van der Waals surface area contributed by atoms with E-state index in [9.17, 15) is 14.7 Å². The van der Waals surface area contributed by atoms with Crippen LogP contribution in [0.3, 0.4) is 0 Å². The van der Waals surface area contributed by atoms with Gasteiger partial charge in [0.15, 0.2) is 0 Å². The molecule has 1 N–H and O–H groups in total. The van der Waals surface area contributed by atoms with Crippen molar-refractivity contribution in [2.24, 2.45) is 17.8 Å². The molecule has 1 amide bonds. The molecule has 0 aromatic carbocycles. The molecule has 2 aliphatic carbocycles. The standard InChI is InChI=1S/C16H25NO4.Na/c18-15(11-4-2-1-3-5-12(11)16(19)20)17-13-8-9-21-14(13)10-6-7-10;/h10-14H,1-9H2,(H,17,18)(H,19,20);/q;+1/p-1/t11-,12+,13+,14-;/m0./s1. The fraction of sp³-hybridized carbons (Fsp3) is 0.875. The van der Waals surface area contributed by atoms with E-state index >= 15 is 0 Å². The maximum Gasteiger partial charge on any atom is 1.00 e. The van der Waals surface area contributed by atoms with E-state index in [1.54, 1.807) is 0 Å². The zero-order chi connectivity index (χ0) is 14.8. The molecule has 1 heterocycles. The van der Waals surface area contributed by atoms with Crippen molar-refractivity contribution in [2.45, 2.75) is 63.5 Å². The van der Waals surface area contributed by atoms with E-state index in [-0.39, 0.29) is 47.6 Å². The SMILES string of the molecule is O=C(N[C@@H]1CCO[C@H]1C1CC1)[C@H]1CCCCC[C@H]1C(=O)[O-].[Na+]. The van der Waals surface area contributed by atoms with Crippen molar-refractivity contribution in [1.82, 2.24) is 5.32 Å². The Morgan fingerprint density at radius 1 is 0.955 bits per heavy atom. The molecular formula is C16H24NNaO4. The van der Waals surface area contributed by atoms with Crippen LogP contribution in [0, 0.1) is 17.8 Å². The van der Waals surface area contributed by atoms with E-state index in [0.717, 1.165) is 25.7 Å². The maximum atomic E-state index is 12.6. The molecule has 2 saturated carbocycles. The van der Waals surface area contributed by atoms with Crippen molar-refractivity contribution < 1.29 is 49.0 Å². The number of carboxylic acid groups (broad SMARTS) is 1. The van der Waals surface area contributed by atoms with Crippen LogP contribution in [0.4, 0.5) is 0 Å².